The molecular weight excluding hydrogens is 312 g/mol. The molecule has 7 heteroatoms. The maximum atomic E-state index is 12.3. The highest BCUT2D eigenvalue weighted by Gasteiger charge is 2.19. The highest BCUT2D eigenvalue weighted by molar-refractivity contribution is 5.89. The van der Waals surface area contributed by atoms with Gasteiger partial charge in [-0.05, 0) is 50.1 Å². The van der Waals surface area contributed by atoms with E-state index in [1.807, 2.05) is 0 Å². The highest BCUT2D eigenvalue weighted by atomic mass is 16.6. The number of hydrogen-bond acceptors (Lipinski definition) is 5. The molecule has 0 aliphatic heterocycles. The van der Waals surface area contributed by atoms with Gasteiger partial charge in [0, 0.05) is 18.6 Å². The Labute approximate surface area is 138 Å². The van der Waals surface area contributed by atoms with E-state index in [-0.39, 0.29) is 6.54 Å². The van der Waals surface area contributed by atoms with Crippen LogP contribution in [-0.2, 0) is 16.1 Å². The van der Waals surface area contributed by atoms with Gasteiger partial charge in [-0.2, -0.15) is 0 Å². The fourth-order valence-electron chi connectivity index (χ4n) is 2.12. The lowest BCUT2D eigenvalue weighted by atomic mass is 10.1. The number of carboxylic acids is 1. The second-order valence-corrected chi connectivity index (χ2v) is 6.20. The quantitative estimate of drug-likeness (QED) is 0.860. The number of esters is 1. The van der Waals surface area contributed by atoms with Crippen LogP contribution >= 0.6 is 0 Å². The Kier molecular flexibility index (Phi) is 4.82. The molecule has 0 saturated heterocycles. The first-order chi connectivity index (χ1) is 11.2. The van der Waals surface area contributed by atoms with Crippen LogP contribution in [0.4, 0.5) is 0 Å². The third kappa shape index (κ3) is 4.28. The van der Waals surface area contributed by atoms with Crippen LogP contribution < -0.4 is 5.56 Å². The maximum absolute atomic E-state index is 12.3. The molecule has 0 radical (unpaired) electrons. The molecule has 2 aromatic heterocycles. The Balaban J connectivity index is 2.47. The summed E-state index contributed by atoms with van der Waals surface area (Å²) in [7, 11) is 0. The van der Waals surface area contributed by atoms with Gasteiger partial charge in [0.15, 0.2) is 0 Å². The molecule has 0 spiro atoms. The molecule has 0 aliphatic carbocycles. The van der Waals surface area contributed by atoms with Crippen LogP contribution in [0.15, 0.2) is 41.6 Å². The van der Waals surface area contributed by atoms with E-state index in [0.717, 1.165) is 4.57 Å². The number of carbonyl (C=O) groups is 2. The molecule has 7 nitrogen and oxygen atoms in total. The van der Waals surface area contributed by atoms with Crippen molar-refractivity contribution in [2.75, 3.05) is 0 Å². The molecule has 0 fully saturated rings. The molecule has 126 valence electrons. The zero-order valence-electron chi connectivity index (χ0n) is 13.6. The molecule has 2 rings (SSSR count). The Hall–Kier alpha value is -2.96. The van der Waals surface area contributed by atoms with E-state index in [0.29, 0.717) is 11.1 Å². The number of nitrogens with zero attached hydrogens (tertiary/aromatic N) is 2. The van der Waals surface area contributed by atoms with E-state index in [4.69, 9.17) is 4.74 Å². The average molecular weight is 330 g/mol. The number of rotatable bonds is 4. The van der Waals surface area contributed by atoms with Gasteiger partial charge in [0.2, 0.25) is 0 Å². The minimum atomic E-state index is -1.35. The molecule has 0 unspecified atom stereocenters. The van der Waals surface area contributed by atoms with Crippen LogP contribution in [0.1, 0.15) is 31.1 Å². The Morgan fingerprint density at radius 3 is 2.38 bits per heavy atom. The van der Waals surface area contributed by atoms with Gasteiger partial charge < -0.3 is 14.4 Å². The topological polar surface area (TPSA) is 98.5 Å². The molecule has 0 bridgehead atoms. The fourth-order valence-corrected chi connectivity index (χ4v) is 2.12. The van der Waals surface area contributed by atoms with Crippen molar-refractivity contribution in [3.63, 3.8) is 0 Å². The summed E-state index contributed by atoms with van der Waals surface area (Å²) < 4.78 is 6.24. The maximum Gasteiger partial charge on any atom is 0.341 e. The number of carboxylic acid groups (broad SMARTS) is 1. The predicted octanol–water partition coefficient (Wildman–Crippen LogP) is 1.95. The molecule has 2 heterocycles. The minimum absolute atomic E-state index is 0.366. The molecular formula is C17H18N2O5. The van der Waals surface area contributed by atoms with Crippen molar-refractivity contribution in [1.29, 1.82) is 0 Å². The van der Waals surface area contributed by atoms with Gasteiger partial charge in [-0.1, -0.05) is 0 Å². The summed E-state index contributed by atoms with van der Waals surface area (Å²) in [5.41, 5.74) is -0.679. The lowest BCUT2D eigenvalue weighted by Gasteiger charge is -2.20. The fraction of sp³-hybridized carbons (Fsp3) is 0.294. The lowest BCUT2D eigenvalue weighted by Crippen LogP contribution is -2.32. The molecule has 0 atom stereocenters. The van der Waals surface area contributed by atoms with Crippen molar-refractivity contribution >= 4 is 11.9 Å². The van der Waals surface area contributed by atoms with E-state index in [9.17, 15) is 19.5 Å². The standard InChI is InChI=1S/C17H18N2O5/c1-17(2,3)24-14(20)10-19-9-12(11-4-6-18-7-5-11)8-13(15(19)21)16(22)23/h4-9H,10H2,1-3H3,(H,22,23). The molecule has 0 saturated carbocycles. The summed E-state index contributed by atoms with van der Waals surface area (Å²) in [4.78, 5) is 39.5. The number of pyridine rings is 2. The van der Waals surface area contributed by atoms with Gasteiger partial charge in [-0.25, -0.2) is 4.79 Å². The van der Waals surface area contributed by atoms with Crippen molar-refractivity contribution in [3.05, 3.63) is 52.7 Å². The molecule has 24 heavy (non-hydrogen) atoms. The third-order valence-electron chi connectivity index (χ3n) is 3.05. The number of hydrogen-bond donors (Lipinski definition) is 1. The van der Waals surface area contributed by atoms with Crippen molar-refractivity contribution in [3.8, 4) is 11.1 Å². The van der Waals surface area contributed by atoms with Crippen LogP contribution in [0.5, 0.6) is 0 Å². The van der Waals surface area contributed by atoms with Crippen LogP contribution in [0.2, 0.25) is 0 Å². The first kappa shape index (κ1) is 17.4. The second-order valence-electron chi connectivity index (χ2n) is 6.20. The molecule has 0 aromatic carbocycles. The van der Waals surface area contributed by atoms with Crippen molar-refractivity contribution in [2.45, 2.75) is 32.9 Å². The predicted molar refractivity (Wildman–Crippen MR) is 86.7 cm³/mol. The second kappa shape index (κ2) is 6.66. The van der Waals surface area contributed by atoms with Gasteiger partial charge >= 0.3 is 11.9 Å². The van der Waals surface area contributed by atoms with E-state index >= 15 is 0 Å². The normalized spacial score (nSPS) is 11.1. The summed E-state index contributed by atoms with van der Waals surface area (Å²) in [6.45, 7) is 4.77. The summed E-state index contributed by atoms with van der Waals surface area (Å²) in [6, 6.07) is 4.65. The first-order valence-electron chi connectivity index (χ1n) is 7.27. The summed E-state index contributed by atoms with van der Waals surface area (Å²) >= 11 is 0. The SMILES string of the molecule is CC(C)(C)OC(=O)Cn1cc(-c2ccncc2)cc(C(=O)O)c1=O. The average Bonchev–Trinajstić information content (AvgIpc) is 2.48. The van der Waals surface area contributed by atoms with Crippen molar-refractivity contribution < 1.29 is 19.4 Å². The largest absolute Gasteiger partial charge is 0.477 e. The zero-order valence-corrected chi connectivity index (χ0v) is 13.6. The number of aromatic carboxylic acids is 1. The smallest absolute Gasteiger partial charge is 0.341 e. The highest BCUT2D eigenvalue weighted by Crippen LogP contribution is 2.18. The number of ether oxygens (including phenoxy) is 1. The van der Waals surface area contributed by atoms with Crippen molar-refractivity contribution in [2.24, 2.45) is 0 Å². The zero-order chi connectivity index (χ0) is 17.9. The number of carbonyl (C=O) groups excluding carboxylic acids is 1. The summed E-state index contributed by atoms with van der Waals surface area (Å²) in [5, 5.41) is 9.24. The van der Waals surface area contributed by atoms with Gasteiger partial charge in [0.1, 0.15) is 17.7 Å². The van der Waals surface area contributed by atoms with Crippen LogP contribution in [0.25, 0.3) is 11.1 Å². The monoisotopic (exact) mass is 330 g/mol. The molecule has 1 N–H and O–H groups in total. The Bertz CT molecular complexity index is 819. The van der Waals surface area contributed by atoms with E-state index in [2.05, 4.69) is 4.98 Å². The summed E-state index contributed by atoms with van der Waals surface area (Å²) in [5.74, 6) is -1.97. The van der Waals surface area contributed by atoms with Gasteiger partial charge in [-0.3, -0.25) is 14.6 Å². The van der Waals surface area contributed by atoms with E-state index < -0.39 is 28.7 Å². The Morgan fingerprint density at radius 2 is 1.83 bits per heavy atom. The van der Waals surface area contributed by atoms with Gasteiger partial charge in [-0.15, -0.1) is 0 Å². The summed E-state index contributed by atoms with van der Waals surface area (Å²) in [6.07, 6.45) is 4.55. The van der Waals surface area contributed by atoms with Crippen LogP contribution in [-0.4, -0.2) is 32.2 Å². The minimum Gasteiger partial charge on any atom is -0.477 e. The lowest BCUT2D eigenvalue weighted by molar-refractivity contribution is -0.155. The molecule has 2 aromatic rings. The number of aromatic nitrogens is 2. The third-order valence-corrected chi connectivity index (χ3v) is 3.05. The first-order valence-corrected chi connectivity index (χ1v) is 7.27. The van der Waals surface area contributed by atoms with Crippen LogP contribution in [0, 0.1) is 0 Å². The van der Waals surface area contributed by atoms with Gasteiger partial charge in [0.05, 0.1) is 0 Å². The van der Waals surface area contributed by atoms with Crippen LogP contribution in [0.3, 0.4) is 0 Å². The Morgan fingerprint density at radius 1 is 1.21 bits per heavy atom. The van der Waals surface area contributed by atoms with Crippen molar-refractivity contribution in [1.82, 2.24) is 9.55 Å². The molecule has 0 aliphatic rings. The van der Waals surface area contributed by atoms with E-state index in [1.54, 1.807) is 45.3 Å². The van der Waals surface area contributed by atoms with Gasteiger partial charge in [0.25, 0.3) is 5.56 Å². The van der Waals surface area contributed by atoms with E-state index in [1.165, 1.54) is 12.3 Å². The molecule has 0 amide bonds.